The van der Waals surface area contributed by atoms with Crippen molar-refractivity contribution in [2.24, 2.45) is 0 Å². The molecule has 4 rings (SSSR count). The molecule has 0 fully saturated rings. The fraction of sp³-hybridized carbons (Fsp3) is 0.432. The Kier molecular flexibility index (Phi) is 11.6. The monoisotopic (exact) mass is 690 g/mol. The Hall–Kier alpha value is -5.33. The maximum Gasteiger partial charge on any atom is 0.352 e. The lowest BCUT2D eigenvalue weighted by molar-refractivity contribution is -0.141. The van der Waals surface area contributed by atoms with Gasteiger partial charge >= 0.3 is 23.9 Å². The van der Waals surface area contributed by atoms with Crippen molar-refractivity contribution in [3.05, 3.63) is 90.1 Å². The zero-order chi connectivity index (χ0) is 37.0. The third kappa shape index (κ3) is 7.31. The van der Waals surface area contributed by atoms with E-state index in [4.69, 9.17) is 9.47 Å². The molecule has 0 bridgehead atoms. The number of carbonyl (C=O) groups is 5. The highest BCUT2D eigenvalue weighted by atomic mass is 16.5. The Morgan fingerprint density at radius 1 is 0.520 bits per heavy atom. The number of aromatic amines is 4. The first-order valence-corrected chi connectivity index (χ1v) is 16.6. The molecule has 0 unspecified atom stereocenters. The summed E-state index contributed by atoms with van der Waals surface area (Å²) >= 11 is 0. The van der Waals surface area contributed by atoms with Gasteiger partial charge in [-0.25, -0.2) is 9.59 Å². The Morgan fingerprint density at radius 3 is 1.34 bits per heavy atom. The number of esters is 2. The van der Waals surface area contributed by atoms with Gasteiger partial charge in [0, 0.05) is 48.5 Å². The van der Waals surface area contributed by atoms with Crippen LogP contribution >= 0.6 is 0 Å². The topological polar surface area (TPSA) is 207 Å². The van der Waals surface area contributed by atoms with Gasteiger partial charge in [0.2, 0.25) is 5.78 Å². The summed E-state index contributed by atoms with van der Waals surface area (Å²) in [4.78, 5) is 75.2. The molecule has 0 spiro atoms. The van der Waals surface area contributed by atoms with Crippen LogP contribution in [0.3, 0.4) is 0 Å². The van der Waals surface area contributed by atoms with Gasteiger partial charge in [-0.2, -0.15) is 0 Å². The van der Waals surface area contributed by atoms with Crippen LogP contribution in [0.4, 0.5) is 0 Å². The van der Waals surface area contributed by atoms with Crippen LogP contribution in [0.2, 0.25) is 0 Å². The Morgan fingerprint density at radius 2 is 0.900 bits per heavy atom. The average molecular weight is 691 g/mol. The normalized spacial score (nSPS) is 11.2. The van der Waals surface area contributed by atoms with Crippen molar-refractivity contribution < 1.29 is 43.7 Å². The van der Waals surface area contributed by atoms with Crippen molar-refractivity contribution in [1.29, 1.82) is 0 Å². The fourth-order valence-electron chi connectivity index (χ4n) is 6.99. The van der Waals surface area contributed by atoms with Crippen molar-refractivity contribution in [2.45, 2.75) is 92.9 Å². The molecular formula is C37H46N4O9. The number of ketones is 1. The summed E-state index contributed by atoms with van der Waals surface area (Å²) in [6.07, 6.45) is 2.42. The Bertz CT molecular complexity index is 1970. The van der Waals surface area contributed by atoms with Gasteiger partial charge < -0.3 is 39.6 Å². The van der Waals surface area contributed by atoms with E-state index in [1.807, 2.05) is 27.7 Å². The second kappa shape index (κ2) is 15.5. The van der Waals surface area contributed by atoms with Gasteiger partial charge in [0.15, 0.2) is 0 Å². The standard InChI is InChI=1S/C37H46N4O9/c1-9-21-18(4)32(36(45)46)40-26(21)15-25-17(3)22(10-2)34(38-25)35(44)31-19(5)23(11-13-29(42)49-7)27(39-31)16-28-24(12-14-30(43)50-8)20(6)33(41-28)37(47)48/h38-41H,9-16H2,1-8H3,(H,45,46)(H,47,48). The van der Waals surface area contributed by atoms with Gasteiger partial charge in [-0.05, 0) is 97.9 Å². The van der Waals surface area contributed by atoms with Gasteiger partial charge in [-0.15, -0.1) is 0 Å². The number of rotatable bonds is 16. The van der Waals surface area contributed by atoms with E-state index in [1.165, 1.54) is 14.2 Å². The van der Waals surface area contributed by atoms with Crippen molar-refractivity contribution in [3.63, 3.8) is 0 Å². The fourth-order valence-corrected chi connectivity index (χ4v) is 6.99. The van der Waals surface area contributed by atoms with Crippen LogP contribution in [0.1, 0.15) is 131 Å². The summed E-state index contributed by atoms with van der Waals surface area (Å²) < 4.78 is 9.69. The molecule has 13 heteroatoms. The number of ether oxygens (including phenoxy) is 2. The third-order valence-corrected chi connectivity index (χ3v) is 9.80. The van der Waals surface area contributed by atoms with Gasteiger partial charge in [0.1, 0.15) is 11.4 Å². The molecule has 4 heterocycles. The Balaban J connectivity index is 1.79. The van der Waals surface area contributed by atoms with Crippen molar-refractivity contribution >= 4 is 29.7 Å². The van der Waals surface area contributed by atoms with Crippen LogP contribution in [0.5, 0.6) is 0 Å². The number of carbonyl (C=O) groups excluding carboxylic acids is 3. The molecular weight excluding hydrogens is 644 g/mol. The lowest BCUT2D eigenvalue weighted by Crippen LogP contribution is -2.08. The highest BCUT2D eigenvalue weighted by molar-refractivity contribution is 6.09. The molecule has 0 amide bonds. The molecule has 0 saturated heterocycles. The smallest absolute Gasteiger partial charge is 0.352 e. The van der Waals surface area contributed by atoms with Crippen molar-refractivity contribution in [3.8, 4) is 0 Å². The van der Waals surface area contributed by atoms with E-state index in [1.54, 1.807) is 13.8 Å². The Labute approximate surface area is 290 Å². The molecule has 4 aromatic rings. The zero-order valence-corrected chi connectivity index (χ0v) is 29.9. The molecule has 0 saturated carbocycles. The maximum atomic E-state index is 14.4. The molecule has 0 aliphatic rings. The molecule has 0 aliphatic carbocycles. The number of nitrogens with one attached hydrogen (secondary N) is 4. The summed E-state index contributed by atoms with van der Waals surface area (Å²) in [6.45, 7) is 11.2. The number of carboxylic acid groups (broad SMARTS) is 2. The lowest BCUT2D eigenvalue weighted by Gasteiger charge is -2.08. The largest absolute Gasteiger partial charge is 0.477 e. The van der Waals surface area contributed by atoms with Crippen molar-refractivity contribution in [2.75, 3.05) is 14.2 Å². The average Bonchev–Trinajstić information content (AvgIpc) is 3.78. The molecule has 13 nitrogen and oxygen atoms in total. The number of hydrogen-bond acceptors (Lipinski definition) is 7. The number of aromatic nitrogens is 4. The molecule has 4 aromatic heterocycles. The number of hydrogen-bond donors (Lipinski definition) is 6. The molecule has 0 atom stereocenters. The second-order valence-electron chi connectivity index (χ2n) is 12.5. The van der Waals surface area contributed by atoms with Gasteiger partial charge in [-0.3, -0.25) is 14.4 Å². The minimum atomic E-state index is -1.14. The van der Waals surface area contributed by atoms with Crippen LogP contribution in [0, 0.1) is 27.7 Å². The van der Waals surface area contributed by atoms with Crippen LogP contribution < -0.4 is 0 Å². The van der Waals surface area contributed by atoms with E-state index < -0.39 is 23.9 Å². The van der Waals surface area contributed by atoms with E-state index in [-0.39, 0.29) is 49.3 Å². The van der Waals surface area contributed by atoms with Crippen LogP contribution in [0.25, 0.3) is 0 Å². The van der Waals surface area contributed by atoms with Crippen LogP contribution in [-0.4, -0.2) is 74.0 Å². The lowest BCUT2D eigenvalue weighted by atomic mass is 9.97. The number of methoxy groups -OCH3 is 2. The minimum Gasteiger partial charge on any atom is -0.477 e. The van der Waals surface area contributed by atoms with Gasteiger partial charge in [-0.1, -0.05) is 13.8 Å². The number of carboxylic acids is 2. The maximum absolute atomic E-state index is 14.4. The molecule has 50 heavy (non-hydrogen) atoms. The molecule has 268 valence electrons. The van der Waals surface area contributed by atoms with Gasteiger partial charge in [0.05, 0.1) is 25.6 Å². The van der Waals surface area contributed by atoms with Gasteiger partial charge in [0.25, 0.3) is 0 Å². The van der Waals surface area contributed by atoms with E-state index in [9.17, 15) is 34.2 Å². The predicted molar refractivity (Wildman–Crippen MR) is 185 cm³/mol. The highest BCUT2D eigenvalue weighted by Gasteiger charge is 2.28. The van der Waals surface area contributed by atoms with E-state index in [0.717, 1.165) is 33.6 Å². The van der Waals surface area contributed by atoms with E-state index in [2.05, 4.69) is 19.9 Å². The molecule has 0 aliphatic heterocycles. The van der Waals surface area contributed by atoms with Crippen LogP contribution in [0.15, 0.2) is 0 Å². The quantitative estimate of drug-likeness (QED) is 0.0658. The number of aromatic carboxylic acids is 2. The molecule has 6 N–H and O–H groups in total. The third-order valence-electron chi connectivity index (χ3n) is 9.80. The summed E-state index contributed by atoms with van der Waals surface area (Å²) in [5, 5.41) is 19.5. The van der Waals surface area contributed by atoms with Crippen molar-refractivity contribution in [1.82, 2.24) is 19.9 Å². The highest BCUT2D eigenvalue weighted by Crippen LogP contribution is 2.31. The summed E-state index contributed by atoms with van der Waals surface area (Å²) in [5.41, 5.74) is 9.64. The zero-order valence-electron chi connectivity index (χ0n) is 29.9. The molecule has 0 aromatic carbocycles. The summed E-state index contributed by atoms with van der Waals surface area (Å²) in [7, 11) is 2.60. The second-order valence-corrected chi connectivity index (χ2v) is 12.5. The number of H-pyrrole nitrogens is 4. The first kappa shape index (κ1) is 37.5. The first-order chi connectivity index (χ1) is 23.7. The van der Waals surface area contributed by atoms with Crippen LogP contribution in [-0.2, 0) is 57.6 Å². The minimum absolute atomic E-state index is 0.0106. The SMILES string of the molecule is CCc1c(Cc2[nH]c(C(=O)c3[nH]c(Cc4[nH]c(C(=O)O)c(C)c4CCC(=O)OC)c(CCC(=O)OC)c3C)c(CC)c2C)[nH]c(C(=O)O)c1C. The predicted octanol–water partition coefficient (Wildman–Crippen LogP) is 5.38. The van der Waals surface area contributed by atoms with E-state index >= 15 is 0 Å². The first-order valence-electron chi connectivity index (χ1n) is 16.6. The van der Waals surface area contributed by atoms with E-state index in [0.29, 0.717) is 64.3 Å². The summed E-state index contributed by atoms with van der Waals surface area (Å²) in [6, 6.07) is 0. The molecule has 0 radical (unpaired) electrons. The summed E-state index contributed by atoms with van der Waals surface area (Å²) in [5.74, 6) is -3.28.